The molecular formula is C30H36FN5O5S. The largest absolute Gasteiger partial charge is 0.481 e. The molecule has 1 aromatic carbocycles. The molecule has 3 unspecified atom stereocenters. The van der Waals surface area contributed by atoms with Crippen LogP contribution in [0.2, 0.25) is 0 Å². The Balaban J connectivity index is 1.33. The Hall–Kier alpha value is -3.19. The molecule has 0 bridgehead atoms. The number of nitrogens with zero attached hydrogens (tertiary/aromatic N) is 4. The van der Waals surface area contributed by atoms with E-state index in [1.807, 2.05) is 5.38 Å². The Morgan fingerprint density at radius 2 is 2.14 bits per heavy atom. The van der Waals surface area contributed by atoms with Gasteiger partial charge in [-0.05, 0) is 50.3 Å². The first-order valence-electron chi connectivity index (χ1n) is 14.6. The van der Waals surface area contributed by atoms with E-state index in [4.69, 9.17) is 14.5 Å². The number of amidine groups is 1. The summed E-state index contributed by atoms with van der Waals surface area (Å²) in [5.41, 5.74) is 2.06. The number of carbonyl (C=O) groups excluding carboxylic acids is 1. The fraction of sp³-hybridized carbons (Fsp3) is 0.533. The zero-order valence-corrected chi connectivity index (χ0v) is 24.6. The number of halogens is 1. The number of nitrogens with one attached hydrogen (secondary N) is 1. The summed E-state index contributed by atoms with van der Waals surface area (Å²) in [4.78, 5) is 39.2. The Bertz CT molecular complexity index is 1400. The van der Waals surface area contributed by atoms with Crippen LogP contribution in [0.15, 0.2) is 46.0 Å². The van der Waals surface area contributed by atoms with Crippen LogP contribution in [0.5, 0.6) is 0 Å². The Kier molecular flexibility index (Phi) is 8.39. The van der Waals surface area contributed by atoms with E-state index < -0.39 is 18.0 Å². The van der Waals surface area contributed by atoms with Crippen molar-refractivity contribution in [2.45, 2.75) is 57.3 Å². The average molecular weight is 598 g/mol. The van der Waals surface area contributed by atoms with Crippen LogP contribution in [-0.2, 0) is 19.1 Å². The maximum Gasteiger partial charge on any atom is 0.338 e. The number of esters is 1. The minimum atomic E-state index is -0.766. The van der Waals surface area contributed by atoms with Gasteiger partial charge in [-0.3, -0.25) is 19.6 Å². The standard InChI is InChI=1S/C30H36FN5O5S/c1-3-40-30(39)25-22(33-27(28-32-9-12-42-28)34-26(25)20-5-4-6-21(31)17(20)2)14-35-10-11-41-24-16-36(15-23(24)35)19-8-7-18(13-19)29(37)38/h4-6,9,12,18-19,23-24,26H,3,7-8,10-11,13-16H2,1-2H3,(H,33,34)(H,37,38)/t18?,19?,23-,24+,26?/m0/s1. The number of aliphatic carboxylic acids is 1. The number of thiazole rings is 1. The summed E-state index contributed by atoms with van der Waals surface area (Å²) in [7, 11) is 0. The number of benzene rings is 1. The Morgan fingerprint density at radius 1 is 1.29 bits per heavy atom. The number of aromatic nitrogens is 1. The maximum atomic E-state index is 14.8. The van der Waals surface area contributed by atoms with Gasteiger partial charge in [0.15, 0.2) is 10.8 Å². The van der Waals surface area contributed by atoms with Gasteiger partial charge in [0.2, 0.25) is 0 Å². The van der Waals surface area contributed by atoms with Crippen LogP contribution in [0.1, 0.15) is 48.4 Å². The molecule has 1 saturated carbocycles. The smallest absolute Gasteiger partial charge is 0.338 e. The molecule has 1 aromatic heterocycles. The molecule has 3 aliphatic heterocycles. The quantitative estimate of drug-likeness (QED) is 0.443. The number of aliphatic imine (C=N–C) groups is 1. The molecule has 0 radical (unpaired) electrons. The predicted octanol–water partition coefficient (Wildman–Crippen LogP) is 3.14. The highest BCUT2D eigenvalue weighted by molar-refractivity contribution is 7.11. The lowest BCUT2D eigenvalue weighted by Gasteiger charge is -2.39. The number of carbonyl (C=O) groups is 2. The SMILES string of the molecule is CCOC(=O)C1=C(CN2CCO[C@@H]3CN(C4CCC(C(=O)O)C4)C[C@@H]32)NC(c2nccs2)=NC1c1cccc(F)c1C. The number of likely N-dealkylation sites (tertiary alicyclic amines) is 1. The summed E-state index contributed by atoms with van der Waals surface area (Å²) in [6.07, 6.45) is 3.94. The van der Waals surface area contributed by atoms with Crippen molar-refractivity contribution in [1.82, 2.24) is 20.1 Å². The molecule has 5 atom stereocenters. The molecule has 2 saturated heterocycles. The molecule has 6 rings (SSSR count). The highest BCUT2D eigenvalue weighted by atomic mass is 32.1. The van der Waals surface area contributed by atoms with Crippen molar-refractivity contribution in [3.8, 4) is 0 Å². The number of hydrogen-bond acceptors (Lipinski definition) is 10. The van der Waals surface area contributed by atoms with E-state index in [-0.39, 0.29) is 36.5 Å². The van der Waals surface area contributed by atoms with Crippen molar-refractivity contribution in [2.75, 3.05) is 39.4 Å². The van der Waals surface area contributed by atoms with E-state index in [2.05, 4.69) is 20.1 Å². The monoisotopic (exact) mass is 597 g/mol. The fourth-order valence-electron chi connectivity index (χ4n) is 6.76. The number of hydrogen-bond donors (Lipinski definition) is 2. The molecule has 4 aliphatic rings. The van der Waals surface area contributed by atoms with E-state index in [9.17, 15) is 19.1 Å². The van der Waals surface area contributed by atoms with E-state index >= 15 is 0 Å². The van der Waals surface area contributed by atoms with Crippen LogP contribution in [-0.4, -0.2) is 95.2 Å². The number of rotatable bonds is 8. The third-order valence-corrected chi connectivity index (χ3v) is 9.72. The van der Waals surface area contributed by atoms with Gasteiger partial charge in [0.25, 0.3) is 0 Å². The normalized spacial score (nSPS) is 28.4. The van der Waals surface area contributed by atoms with E-state index in [1.165, 1.54) is 17.4 Å². The molecule has 10 nitrogen and oxygen atoms in total. The van der Waals surface area contributed by atoms with Crippen molar-refractivity contribution in [1.29, 1.82) is 0 Å². The van der Waals surface area contributed by atoms with Gasteiger partial charge in [0, 0.05) is 49.5 Å². The van der Waals surface area contributed by atoms with Crippen molar-refractivity contribution >= 4 is 29.1 Å². The first kappa shape index (κ1) is 28.9. The lowest BCUT2D eigenvalue weighted by Crippen LogP contribution is -2.53. The third kappa shape index (κ3) is 5.60. The van der Waals surface area contributed by atoms with E-state index in [0.29, 0.717) is 65.8 Å². The fourth-order valence-corrected chi connectivity index (χ4v) is 7.35. The number of morpholine rings is 1. The van der Waals surface area contributed by atoms with Crippen molar-refractivity contribution < 1.29 is 28.6 Å². The summed E-state index contributed by atoms with van der Waals surface area (Å²) < 4.78 is 26.5. The molecule has 42 heavy (non-hydrogen) atoms. The van der Waals surface area contributed by atoms with Gasteiger partial charge >= 0.3 is 11.9 Å². The second-order valence-electron chi connectivity index (χ2n) is 11.3. The van der Waals surface area contributed by atoms with Crippen LogP contribution in [0.4, 0.5) is 4.39 Å². The molecular weight excluding hydrogens is 561 g/mol. The van der Waals surface area contributed by atoms with E-state index in [1.54, 1.807) is 32.2 Å². The van der Waals surface area contributed by atoms with Crippen LogP contribution in [0.25, 0.3) is 0 Å². The van der Waals surface area contributed by atoms with E-state index in [0.717, 1.165) is 19.5 Å². The lowest BCUT2D eigenvalue weighted by atomic mass is 9.92. The van der Waals surface area contributed by atoms with Gasteiger partial charge in [0.05, 0.1) is 36.9 Å². The molecule has 1 aliphatic carbocycles. The number of fused-ring (bicyclic) bond motifs is 1. The van der Waals surface area contributed by atoms with Gasteiger partial charge in [0.1, 0.15) is 11.9 Å². The number of ether oxygens (including phenoxy) is 2. The number of carboxylic acids is 1. The zero-order valence-electron chi connectivity index (χ0n) is 23.8. The summed E-state index contributed by atoms with van der Waals surface area (Å²) in [6.45, 7) is 6.83. The van der Waals surface area contributed by atoms with Gasteiger partial charge in [-0.15, -0.1) is 11.3 Å². The molecule has 2 aromatic rings. The van der Waals surface area contributed by atoms with Crippen molar-refractivity contribution in [3.05, 3.63) is 63.0 Å². The molecule has 224 valence electrons. The van der Waals surface area contributed by atoms with Crippen LogP contribution < -0.4 is 5.32 Å². The molecule has 2 N–H and O–H groups in total. The Morgan fingerprint density at radius 3 is 2.88 bits per heavy atom. The number of carboxylic acid groups (broad SMARTS) is 1. The first-order chi connectivity index (χ1) is 20.3. The third-order valence-electron chi connectivity index (χ3n) is 8.94. The molecule has 0 spiro atoms. The first-order valence-corrected chi connectivity index (χ1v) is 15.4. The minimum absolute atomic E-state index is 0.00813. The van der Waals surface area contributed by atoms with Gasteiger partial charge in [-0.1, -0.05) is 12.1 Å². The highest BCUT2D eigenvalue weighted by Crippen LogP contribution is 2.37. The zero-order chi connectivity index (χ0) is 29.4. The van der Waals surface area contributed by atoms with Crippen LogP contribution in [0.3, 0.4) is 0 Å². The second-order valence-corrected chi connectivity index (χ2v) is 12.2. The molecule has 4 heterocycles. The highest BCUT2D eigenvalue weighted by Gasteiger charge is 2.45. The summed E-state index contributed by atoms with van der Waals surface area (Å²) in [5, 5.41) is 15.5. The van der Waals surface area contributed by atoms with Gasteiger partial charge in [-0.25, -0.2) is 14.2 Å². The Labute approximate surface area is 248 Å². The second kappa shape index (κ2) is 12.2. The van der Waals surface area contributed by atoms with Crippen molar-refractivity contribution in [2.24, 2.45) is 10.9 Å². The van der Waals surface area contributed by atoms with Crippen LogP contribution in [0, 0.1) is 18.7 Å². The van der Waals surface area contributed by atoms with Crippen LogP contribution >= 0.6 is 11.3 Å². The van der Waals surface area contributed by atoms with Crippen molar-refractivity contribution in [3.63, 3.8) is 0 Å². The minimum Gasteiger partial charge on any atom is -0.481 e. The predicted molar refractivity (Wildman–Crippen MR) is 155 cm³/mol. The maximum absolute atomic E-state index is 14.8. The summed E-state index contributed by atoms with van der Waals surface area (Å²) >= 11 is 1.43. The lowest BCUT2D eigenvalue weighted by molar-refractivity contribution is -0.141. The molecule has 0 amide bonds. The van der Waals surface area contributed by atoms with Gasteiger partial charge < -0.3 is 19.9 Å². The molecule has 12 heteroatoms. The summed E-state index contributed by atoms with van der Waals surface area (Å²) in [6, 6.07) is 4.39. The topological polar surface area (TPSA) is 117 Å². The average Bonchev–Trinajstić information content (AvgIpc) is 3.75. The van der Waals surface area contributed by atoms with Gasteiger partial charge in [-0.2, -0.15) is 0 Å². The summed E-state index contributed by atoms with van der Waals surface area (Å²) in [5.74, 6) is -1.31. The molecule has 3 fully saturated rings.